The molecule has 1 aliphatic rings. The lowest BCUT2D eigenvalue weighted by Crippen LogP contribution is -2.31. The Morgan fingerprint density at radius 3 is 2.68 bits per heavy atom. The number of aliphatic hydroxyl groups excluding tert-OH is 1. The van der Waals surface area contributed by atoms with Gasteiger partial charge in [0.15, 0.2) is 5.11 Å². The van der Waals surface area contributed by atoms with E-state index >= 15 is 0 Å². The molecule has 0 aromatic carbocycles. The minimum Gasteiger partial charge on any atom is -0.396 e. The number of nitrogens with one attached hydrogen (secondary N) is 1. The van der Waals surface area contributed by atoms with Crippen molar-refractivity contribution in [3.05, 3.63) is 54.1 Å². The molecule has 0 unspecified atom stereocenters. The maximum atomic E-state index is 9.26. The summed E-state index contributed by atoms with van der Waals surface area (Å²) in [6.45, 7) is 7.44. The minimum absolute atomic E-state index is 0.00297. The smallest absolute Gasteiger partial charge is 0.170 e. The zero-order valence-corrected chi connectivity index (χ0v) is 15.8. The maximum absolute atomic E-state index is 9.26. The van der Waals surface area contributed by atoms with Crippen LogP contribution in [0.4, 0.5) is 0 Å². The van der Waals surface area contributed by atoms with Gasteiger partial charge in [-0.15, -0.1) is 0 Å². The zero-order valence-electron chi connectivity index (χ0n) is 15.0. The molecule has 3 heterocycles. The average molecular weight is 359 g/mol. The van der Waals surface area contributed by atoms with E-state index in [-0.39, 0.29) is 24.2 Å². The molecule has 25 heavy (non-hydrogen) atoms. The molecule has 2 aromatic rings. The van der Waals surface area contributed by atoms with Crippen LogP contribution in [-0.2, 0) is 5.54 Å². The van der Waals surface area contributed by atoms with Crippen LogP contribution in [0.1, 0.15) is 50.5 Å². The molecular formula is C19H26N4OS. The highest BCUT2D eigenvalue weighted by Gasteiger charge is 2.39. The van der Waals surface area contributed by atoms with Crippen LogP contribution in [0.5, 0.6) is 0 Å². The first-order chi connectivity index (χ1) is 11.9. The Hall–Kier alpha value is -1.92. The molecule has 2 N–H and O–H groups in total. The summed E-state index contributed by atoms with van der Waals surface area (Å²) < 4.78 is 2.23. The molecule has 1 fully saturated rings. The monoisotopic (exact) mass is 358 g/mol. The first-order valence-corrected chi connectivity index (χ1v) is 9.10. The number of pyridine rings is 1. The Morgan fingerprint density at radius 2 is 2.08 bits per heavy atom. The second-order valence-corrected chi connectivity index (χ2v) is 7.81. The number of nitrogens with zero attached hydrogens (tertiary/aromatic N) is 3. The van der Waals surface area contributed by atoms with Gasteiger partial charge in [-0.3, -0.25) is 4.98 Å². The van der Waals surface area contributed by atoms with Gasteiger partial charge in [0.1, 0.15) is 0 Å². The Labute approximate surface area is 154 Å². The van der Waals surface area contributed by atoms with Crippen LogP contribution in [-0.4, -0.2) is 37.8 Å². The highest BCUT2D eigenvalue weighted by Crippen LogP contribution is 2.39. The van der Waals surface area contributed by atoms with Crippen LogP contribution in [0.2, 0.25) is 0 Å². The summed E-state index contributed by atoms with van der Waals surface area (Å²) in [6, 6.07) is 8.18. The van der Waals surface area contributed by atoms with Gasteiger partial charge in [0.2, 0.25) is 0 Å². The van der Waals surface area contributed by atoms with Crippen molar-refractivity contribution in [1.29, 1.82) is 0 Å². The summed E-state index contributed by atoms with van der Waals surface area (Å²) in [7, 11) is 0. The van der Waals surface area contributed by atoms with E-state index in [1.807, 2.05) is 24.4 Å². The predicted molar refractivity (Wildman–Crippen MR) is 103 cm³/mol. The predicted octanol–water partition coefficient (Wildman–Crippen LogP) is 2.99. The van der Waals surface area contributed by atoms with Gasteiger partial charge in [-0.1, -0.05) is 6.07 Å². The van der Waals surface area contributed by atoms with Crippen molar-refractivity contribution < 1.29 is 5.11 Å². The lowest BCUT2D eigenvalue weighted by atomic mass is 9.99. The fourth-order valence-corrected chi connectivity index (χ4v) is 3.59. The van der Waals surface area contributed by atoms with Crippen molar-refractivity contribution in [2.45, 2.75) is 44.8 Å². The molecule has 1 saturated heterocycles. The highest BCUT2D eigenvalue weighted by atomic mass is 32.1. The van der Waals surface area contributed by atoms with Gasteiger partial charge in [0, 0.05) is 37.3 Å². The van der Waals surface area contributed by atoms with Gasteiger partial charge in [-0.05, 0) is 63.2 Å². The second kappa shape index (κ2) is 7.14. The van der Waals surface area contributed by atoms with E-state index in [1.54, 1.807) is 0 Å². The first-order valence-electron chi connectivity index (χ1n) is 8.69. The molecule has 0 spiro atoms. The van der Waals surface area contributed by atoms with E-state index < -0.39 is 0 Å². The molecule has 5 nitrogen and oxygen atoms in total. The average Bonchev–Trinajstić information content (AvgIpc) is 3.18. The van der Waals surface area contributed by atoms with Crippen molar-refractivity contribution in [2.75, 3.05) is 13.2 Å². The van der Waals surface area contributed by atoms with Crippen molar-refractivity contribution in [2.24, 2.45) is 0 Å². The summed E-state index contributed by atoms with van der Waals surface area (Å²) >= 11 is 5.59. The molecule has 3 rings (SSSR count). The van der Waals surface area contributed by atoms with E-state index in [2.05, 4.69) is 59.0 Å². The molecule has 0 amide bonds. The van der Waals surface area contributed by atoms with Gasteiger partial charge in [0.05, 0.1) is 17.8 Å². The van der Waals surface area contributed by atoms with E-state index in [0.717, 1.165) is 17.4 Å². The quantitative estimate of drug-likeness (QED) is 0.805. The van der Waals surface area contributed by atoms with E-state index in [4.69, 9.17) is 12.2 Å². The Kier molecular flexibility index (Phi) is 5.11. The third-order valence-corrected chi connectivity index (χ3v) is 4.94. The maximum Gasteiger partial charge on any atom is 0.170 e. The molecular weight excluding hydrogens is 332 g/mol. The summed E-state index contributed by atoms with van der Waals surface area (Å²) in [5.41, 5.74) is 2.21. The summed E-state index contributed by atoms with van der Waals surface area (Å²) in [5.74, 6) is 0. The number of aromatic nitrogens is 2. The summed E-state index contributed by atoms with van der Waals surface area (Å²) in [6.07, 6.45) is 6.82. The largest absolute Gasteiger partial charge is 0.396 e. The molecule has 0 bridgehead atoms. The fourth-order valence-electron chi connectivity index (χ4n) is 3.26. The molecule has 0 radical (unpaired) electrons. The molecule has 6 heteroatoms. The van der Waals surface area contributed by atoms with Crippen LogP contribution >= 0.6 is 12.2 Å². The normalized spacial score (nSPS) is 20.8. The van der Waals surface area contributed by atoms with Crippen LogP contribution in [0.15, 0.2) is 42.9 Å². The van der Waals surface area contributed by atoms with Crippen molar-refractivity contribution in [3.63, 3.8) is 0 Å². The highest BCUT2D eigenvalue weighted by molar-refractivity contribution is 7.80. The standard InChI is InChI=1S/C19H26N4OS/c1-19(2,3)22-11-8-14(13-22)17-16(15-7-4-5-9-20-15)21-18(25)23(17)10-6-12-24/h4-5,7-9,11,13,16-17,24H,6,10,12H2,1-3H3,(H,21,25)/t16-,17-/m1/s1. The number of aliphatic hydroxyl groups is 1. The summed E-state index contributed by atoms with van der Waals surface area (Å²) in [4.78, 5) is 6.71. The molecule has 2 aromatic heterocycles. The second-order valence-electron chi connectivity index (χ2n) is 7.42. The molecule has 0 aliphatic carbocycles. The van der Waals surface area contributed by atoms with Gasteiger partial charge < -0.3 is 19.9 Å². The van der Waals surface area contributed by atoms with Crippen molar-refractivity contribution in [3.8, 4) is 0 Å². The molecule has 0 saturated carbocycles. The molecule has 2 atom stereocenters. The Balaban J connectivity index is 1.98. The molecule has 1 aliphatic heterocycles. The number of rotatable bonds is 5. The zero-order chi connectivity index (χ0) is 18.0. The lowest BCUT2D eigenvalue weighted by molar-refractivity contribution is 0.247. The number of hydrogen-bond donors (Lipinski definition) is 2. The van der Waals surface area contributed by atoms with E-state index in [1.165, 1.54) is 5.56 Å². The minimum atomic E-state index is 0.00297. The third-order valence-electron chi connectivity index (χ3n) is 4.59. The van der Waals surface area contributed by atoms with Gasteiger partial charge >= 0.3 is 0 Å². The van der Waals surface area contributed by atoms with Crippen LogP contribution in [0.25, 0.3) is 0 Å². The van der Waals surface area contributed by atoms with Crippen LogP contribution in [0.3, 0.4) is 0 Å². The van der Waals surface area contributed by atoms with Gasteiger partial charge in [0.25, 0.3) is 0 Å². The van der Waals surface area contributed by atoms with E-state index in [0.29, 0.717) is 6.42 Å². The lowest BCUT2D eigenvalue weighted by Gasteiger charge is -2.27. The van der Waals surface area contributed by atoms with Gasteiger partial charge in [-0.2, -0.15) is 0 Å². The fraction of sp³-hybridized carbons (Fsp3) is 0.474. The SMILES string of the molecule is CC(C)(C)n1ccc([C@@H]2[C@@H](c3ccccn3)NC(=S)N2CCCO)c1. The Morgan fingerprint density at radius 1 is 1.28 bits per heavy atom. The third kappa shape index (κ3) is 3.70. The Bertz CT molecular complexity index is 723. The van der Waals surface area contributed by atoms with Crippen LogP contribution < -0.4 is 5.32 Å². The number of hydrogen-bond acceptors (Lipinski definition) is 3. The van der Waals surface area contributed by atoms with Gasteiger partial charge in [-0.25, -0.2) is 0 Å². The molecule has 134 valence electrons. The van der Waals surface area contributed by atoms with Crippen LogP contribution in [0, 0.1) is 0 Å². The van der Waals surface area contributed by atoms with Crippen molar-refractivity contribution >= 4 is 17.3 Å². The van der Waals surface area contributed by atoms with Crippen molar-refractivity contribution in [1.82, 2.24) is 19.8 Å². The summed E-state index contributed by atoms with van der Waals surface area (Å²) in [5, 5.41) is 13.4. The topological polar surface area (TPSA) is 53.3 Å². The number of thiocarbonyl (C=S) groups is 1. The first kappa shape index (κ1) is 17.9. The van der Waals surface area contributed by atoms with E-state index in [9.17, 15) is 5.11 Å².